The number of aliphatic hydroxyl groups excluding tert-OH is 9. The molecule has 21 heteroatoms. The standard InChI is InChI=1S/C78H132O21/c1-44-23-28-56(79)36-58-20-18-22-61(97-58)40-71(93-16)51(8)66(82)43-68(84)53(10)78(55(12)76(89)47(4)33-69(85)72-41-64(91-14)35-49(6)95-72)99-74(87)32-26-45(2)24-29-57(80)37-59-19-17-21-60(96-59)39-70(92-15)50(7)65(81)42-67(83)52(9)77(98-73(86)31-25-44)54(11)75(88)46(3)27-30-62-38-63(90-13)34-48(5)94-62/h17-20,23-26,31-32,46-72,75-85,88-89H,21-22,27-30,33-43H2,1-16H3/b31-25+,32-26+,44-23+,45-24+/t46-,47-,48-,49-,50-,51-,52-,53-,54-,55-,56-,57-,58-,59-,60?,61?,62-,63+,64+,65-,66-,67+,68+,69?,70-,71-,72+,75-,76-,77?,78?/m0/s1. The molecule has 31 atom stereocenters. The molecule has 5 unspecified atom stereocenters. The summed E-state index contributed by atoms with van der Waals surface area (Å²) in [5.41, 5.74) is 1.35. The Morgan fingerprint density at radius 2 is 0.889 bits per heavy atom. The Labute approximate surface area is 592 Å². The normalized spacial score (nSPS) is 41.1. The highest BCUT2D eigenvalue weighted by atomic mass is 16.6. The van der Waals surface area contributed by atoms with Crippen molar-refractivity contribution in [3.63, 3.8) is 0 Å². The number of carbonyl (C=O) groups excluding carboxylic acids is 2. The van der Waals surface area contributed by atoms with Crippen molar-refractivity contribution in [3.8, 4) is 0 Å². The van der Waals surface area contributed by atoms with E-state index in [2.05, 4.69) is 0 Å². The number of esters is 2. The topological polar surface area (TPSA) is 309 Å². The molecule has 5 aliphatic rings. The largest absolute Gasteiger partial charge is 0.458 e. The number of aliphatic hydroxyl groups is 9. The van der Waals surface area contributed by atoms with E-state index >= 15 is 0 Å². The molecule has 9 N–H and O–H groups in total. The number of allylic oxidation sites excluding steroid dienone is 4. The van der Waals surface area contributed by atoms with Crippen LogP contribution in [0.2, 0.25) is 0 Å². The van der Waals surface area contributed by atoms with Gasteiger partial charge in [-0.3, -0.25) is 0 Å². The molecule has 5 rings (SSSR count). The first-order valence-electron chi connectivity index (χ1n) is 37.1. The zero-order chi connectivity index (χ0) is 73.4. The molecule has 0 aromatic heterocycles. The van der Waals surface area contributed by atoms with Crippen LogP contribution in [0.3, 0.4) is 0 Å². The van der Waals surface area contributed by atoms with Crippen molar-refractivity contribution in [2.75, 3.05) is 28.4 Å². The first-order chi connectivity index (χ1) is 46.8. The fraction of sp³-hybridized carbons (Fsp3) is 0.821. The third kappa shape index (κ3) is 28.3. The molecule has 0 saturated carbocycles. The summed E-state index contributed by atoms with van der Waals surface area (Å²) in [6.45, 7) is 22.1. The highest BCUT2D eigenvalue weighted by Crippen LogP contribution is 2.37. The number of ether oxygens (including phenoxy) is 10. The van der Waals surface area contributed by atoms with Gasteiger partial charge in [0, 0.05) is 108 Å². The third-order valence-corrected chi connectivity index (χ3v) is 22.3. The highest BCUT2D eigenvalue weighted by Gasteiger charge is 2.43. The molecule has 0 spiro atoms. The van der Waals surface area contributed by atoms with Crippen LogP contribution in [0, 0.1) is 47.3 Å². The first-order valence-corrected chi connectivity index (χ1v) is 37.1. The molecule has 4 bridgehead atoms. The van der Waals surface area contributed by atoms with Crippen LogP contribution in [0.25, 0.3) is 0 Å². The summed E-state index contributed by atoms with van der Waals surface area (Å²) in [6.07, 6.45) is 9.95. The lowest BCUT2D eigenvalue weighted by atomic mass is 9.78. The SMILES string of the molecule is CO[C@@H]1C[C@H](C)O[C@@H](C(O)C[C@H](C)[C@H](O)[C@H](C)C2OC(=O)/C=C/C(C)=C/C[C@H](O)C[C@@H]3C=CCC(C[C@H](OC)[C@@H](C)[C@@H](O)C[C@@H](O)[C@H](C)C([C@@H](C)[C@@H](O)[C@@H](C)CC[C@H]4C[C@H](OC)C[C@H](C)O4)OC(=O)/C=C/C(C)=C/C[C@H](O)C[C@@H]4C=CCC(C[C@H](OC)[C@@H](C)[C@@H](O)C[C@@H](O)[C@@H]2C)O4)O3)C1. The maximum Gasteiger partial charge on any atom is 0.331 e. The van der Waals surface area contributed by atoms with Gasteiger partial charge < -0.3 is 93.3 Å². The Kier molecular flexibility index (Phi) is 37.7. The minimum atomic E-state index is -1.22. The predicted molar refractivity (Wildman–Crippen MR) is 379 cm³/mol. The molecule has 99 heavy (non-hydrogen) atoms. The van der Waals surface area contributed by atoms with E-state index in [-0.39, 0.29) is 93.6 Å². The maximum atomic E-state index is 13.9. The number of carbonyl (C=O) groups is 2. The third-order valence-electron chi connectivity index (χ3n) is 22.3. The Morgan fingerprint density at radius 1 is 0.475 bits per heavy atom. The monoisotopic (exact) mass is 1400 g/mol. The molecule has 2 fully saturated rings. The Bertz CT molecular complexity index is 2520. The minimum Gasteiger partial charge on any atom is -0.458 e. The highest BCUT2D eigenvalue weighted by molar-refractivity contribution is 5.83. The van der Waals surface area contributed by atoms with Gasteiger partial charge in [-0.1, -0.05) is 115 Å². The van der Waals surface area contributed by atoms with Crippen molar-refractivity contribution < 1.29 is 103 Å². The van der Waals surface area contributed by atoms with Crippen molar-refractivity contribution in [2.24, 2.45) is 47.3 Å². The molecular weight excluding hydrogens is 1270 g/mol. The molecule has 5 aliphatic heterocycles. The lowest BCUT2D eigenvalue weighted by Crippen LogP contribution is -2.47. The summed E-state index contributed by atoms with van der Waals surface area (Å²) in [6, 6.07) is 0. The minimum absolute atomic E-state index is 0.0334. The quantitative estimate of drug-likeness (QED) is 0.0514. The van der Waals surface area contributed by atoms with Crippen LogP contribution in [-0.4, -0.2) is 227 Å². The molecule has 0 amide bonds. The van der Waals surface area contributed by atoms with Crippen molar-refractivity contribution in [1.82, 2.24) is 0 Å². The fourth-order valence-electron chi connectivity index (χ4n) is 15.4. The molecule has 0 aromatic rings. The average Bonchev–Trinajstić information content (AvgIpc) is 0.855. The van der Waals surface area contributed by atoms with E-state index < -0.39 is 151 Å². The van der Waals surface area contributed by atoms with Crippen LogP contribution in [0.15, 0.2) is 71.9 Å². The molecule has 0 aromatic carbocycles. The van der Waals surface area contributed by atoms with Gasteiger partial charge >= 0.3 is 11.9 Å². The van der Waals surface area contributed by atoms with Gasteiger partial charge in [-0.2, -0.15) is 0 Å². The fourth-order valence-corrected chi connectivity index (χ4v) is 15.4. The molecule has 0 aliphatic carbocycles. The lowest BCUT2D eigenvalue weighted by molar-refractivity contribution is -0.160. The van der Waals surface area contributed by atoms with E-state index in [0.29, 0.717) is 62.5 Å². The first kappa shape index (κ1) is 86.3. The second-order valence-electron chi connectivity index (χ2n) is 30.5. The van der Waals surface area contributed by atoms with Gasteiger partial charge in [0.1, 0.15) is 12.2 Å². The Hall–Kier alpha value is -3.30. The van der Waals surface area contributed by atoms with E-state index in [1.165, 1.54) is 12.2 Å². The average molecular weight is 1410 g/mol. The maximum absolute atomic E-state index is 13.9. The summed E-state index contributed by atoms with van der Waals surface area (Å²) in [5.74, 6) is -6.08. The van der Waals surface area contributed by atoms with E-state index in [9.17, 15) is 55.5 Å². The van der Waals surface area contributed by atoms with Gasteiger partial charge in [0.15, 0.2) is 0 Å². The van der Waals surface area contributed by atoms with Gasteiger partial charge in [0.05, 0.1) is 128 Å². The van der Waals surface area contributed by atoms with Crippen molar-refractivity contribution in [3.05, 3.63) is 71.9 Å². The predicted octanol–water partition coefficient (Wildman–Crippen LogP) is 9.08. The molecule has 2 saturated heterocycles. The van der Waals surface area contributed by atoms with Crippen LogP contribution < -0.4 is 0 Å². The number of hydrogen-bond acceptors (Lipinski definition) is 21. The van der Waals surface area contributed by atoms with Crippen molar-refractivity contribution >= 4 is 11.9 Å². The van der Waals surface area contributed by atoms with Crippen LogP contribution in [0.4, 0.5) is 0 Å². The summed E-state index contributed by atoms with van der Waals surface area (Å²) < 4.78 is 61.1. The summed E-state index contributed by atoms with van der Waals surface area (Å²) in [4.78, 5) is 27.8. The van der Waals surface area contributed by atoms with Gasteiger partial charge in [-0.05, 0) is 117 Å². The zero-order valence-electron chi connectivity index (χ0n) is 62.6. The van der Waals surface area contributed by atoms with Gasteiger partial charge in [-0.25, -0.2) is 9.59 Å². The number of fused-ring (bicyclic) bond motifs is 4. The van der Waals surface area contributed by atoms with Crippen molar-refractivity contribution in [1.29, 1.82) is 0 Å². The van der Waals surface area contributed by atoms with E-state index in [4.69, 9.17) is 47.4 Å². The Balaban J connectivity index is 1.37. The molecule has 0 radical (unpaired) electrons. The Morgan fingerprint density at radius 3 is 1.32 bits per heavy atom. The second kappa shape index (κ2) is 43.2. The number of methoxy groups -OCH3 is 4. The van der Waals surface area contributed by atoms with Crippen LogP contribution in [-0.2, 0) is 57.0 Å². The van der Waals surface area contributed by atoms with E-state index in [1.807, 2.05) is 78.8 Å². The number of hydrogen-bond donors (Lipinski definition) is 9. The summed E-state index contributed by atoms with van der Waals surface area (Å²) in [7, 11) is 6.48. The van der Waals surface area contributed by atoms with Crippen molar-refractivity contribution in [2.45, 2.75) is 333 Å². The smallest absolute Gasteiger partial charge is 0.331 e. The molecule has 21 nitrogen and oxygen atoms in total. The van der Waals surface area contributed by atoms with Gasteiger partial charge in [-0.15, -0.1) is 0 Å². The second-order valence-corrected chi connectivity index (χ2v) is 30.5. The van der Waals surface area contributed by atoms with Crippen LogP contribution >= 0.6 is 0 Å². The van der Waals surface area contributed by atoms with Gasteiger partial charge in [0.25, 0.3) is 0 Å². The summed E-state index contributed by atoms with van der Waals surface area (Å²) >= 11 is 0. The lowest BCUT2D eigenvalue weighted by Gasteiger charge is -2.39. The van der Waals surface area contributed by atoms with E-state index in [0.717, 1.165) is 12.8 Å². The van der Waals surface area contributed by atoms with Crippen LogP contribution in [0.1, 0.15) is 192 Å². The van der Waals surface area contributed by atoms with Crippen LogP contribution in [0.5, 0.6) is 0 Å². The molecule has 570 valence electrons. The van der Waals surface area contributed by atoms with Gasteiger partial charge in [0.2, 0.25) is 0 Å². The number of cyclic esters (lactones) is 2. The zero-order valence-corrected chi connectivity index (χ0v) is 62.6. The number of rotatable bonds is 16. The molecular formula is C78H132O21. The molecule has 5 heterocycles. The van der Waals surface area contributed by atoms with E-state index in [1.54, 1.807) is 81.3 Å². The summed E-state index contributed by atoms with van der Waals surface area (Å²) in [5, 5.41) is 106.